The zero-order chi connectivity index (χ0) is 20.3. The molecule has 0 fully saturated rings. The number of ether oxygens (including phenoxy) is 2. The van der Waals surface area contributed by atoms with E-state index in [4.69, 9.17) is 14.5 Å². The van der Waals surface area contributed by atoms with E-state index in [1.54, 1.807) is 20.3 Å². The minimum Gasteiger partial charge on any atom is -0.493 e. The number of pyridine rings is 1. The molecule has 0 saturated carbocycles. The summed E-state index contributed by atoms with van der Waals surface area (Å²) < 4.78 is 10.8. The highest BCUT2D eigenvalue weighted by molar-refractivity contribution is 5.99. The van der Waals surface area contributed by atoms with E-state index in [0.717, 1.165) is 27.7 Å². The van der Waals surface area contributed by atoms with Crippen molar-refractivity contribution in [2.75, 3.05) is 14.2 Å². The fourth-order valence-corrected chi connectivity index (χ4v) is 2.89. The van der Waals surface area contributed by atoms with Crippen molar-refractivity contribution in [1.82, 2.24) is 4.98 Å². The maximum atomic E-state index is 12.4. The van der Waals surface area contributed by atoms with Gasteiger partial charge < -0.3 is 9.47 Å². The van der Waals surface area contributed by atoms with Gasteiger partial charge in [-0.25, -0.2) is 4.98 Å². The van der Waals surface area contributed by atoms with Crippen molar-refractivity contribution < 1.29 is 14.3 Å². The van der Waals surface area contributed by atoms with E-state index >= 15 is 0 Å². The van der Waals surface area contributed by atoms with Crippen molar-refractivity contribution in [2.24, 2.45) is 5.41 Å². The van der Waals surface area contributed by atoms with Crippen LogP contribution in [0.5, 0.6) is 11.5 Å². The molecule has 0 aliphatic rings. The summed E-state index contributed by atoms with van der Waals surface area (Å²) in [4.78, 5) is 17.3. The Morgan fingerprint density at radius 1 is 0.964 bits per heavy atom. The molecule has 0 aliphatic carbocycles. The van der Waals surface area contributed by atoms with Crippen molar-refractivity contribution in [3.8, 4) is 22.8 Å². The van der Waals surface area contributed by atoms with Gasteiger partial charge in [0, 0.05) is 28.0 Å². The van der Waals surface area contributed by atoms with Crippen molar-refractivity contribution in [1.29, 1.82) is 0 Å². The molecule has 4 heteroatoms. The number of hydrogen-bond donors (Lipinski definition) is 0. The maximum Gasteiger partial charge on any atom is 0.162 e. The van der Waals surface area contributed by atoms with E-state index in [2.05, 4.69) is 0 Å². The van der Waals surface area contributed by atoms with E-state index in [9.17, 15) is 4.79 Å². The highest BCUT2D eigenvalue weighted by Crippen LogP contribution is 2.34. The standard InChI is InChI=1S/C24H25NO3/c1-24(2,3)22(26)12-11-17-13-18-14-20(27-4)21(28-5)15-19(18)25-23(17)16-9-7-6-8-10-16/h6-15H,1-5H3/b12-11+. The number of carbonyl (C=O) groups is 1. The number of allylic oxidation sites excluding steroid dienone is 1. The van der Waals surface area contributed by atoms with Crippen LogP contribution in [0.2, 0.25) is 0 Å². The smallest absolute Gasteiger partial charge is 0.162 e. The highest BCUT2D eigenvalue weighted by Gasteiger charge is 2.18. The molecular formula is C24H25NO3. The van der Waals surface area contributed by atoms with Crippen LogP contribution in [-0.4, -0.2) is 25.0 Å². The molecule has 0 aliphatic heterocycles. The second-order valence-corrected chi connectivity index (χ2v) is 7.64. The molecule has 144 valence electrons. The molecule has 3 rings (SSSR count). The van der Waals surface area contributed by atoms with Crippen LogP contribution in [0.4, 0.5) is 0 Å². The van der Waals surface area contributed by atoms with Crippen LogP contribution >= 0.6 is 0 Å². The Hall–Kier alpha value is -3.14. The van der Waals surface area contributed by atoms with Gasteiger partial charge in [0.15, 0.2) is 17.3 Å². The van der Waals surface area contributed by atoms with Crippen LogP contribution in [0.1, 0.15) is 26.3 Å². The largest absolute Gasteiger partial charge is 0.493 e. The number of nitrogens with zero attached hydrogens (tertiary/aromatic N) is 1. The van der Waals surface area contributed by atoms with E-state index in [-0.39, 0.29) is 5.78 Å². The number of rotatable bonds is 5. The summed E-state index contributed by atoms with van der Waals surface area (Å²) in [5.74, 6) is 1.34. The number of aromatic nitrogens is 1. The van der Waals surface area contributed by atoms with Crippen molar-refractivity contribution in [3.05, 3.63) is 60.2 Å². The van der Waals surface area contributed by atoms with Gasteiger partial charge in [-0.1, -0.05) is 51.1 Å². The fourth-order valence-electron chi connectivity index (χ4n) is 2.89. The quantitative estimate of drug-likeness (QED) is 0.549. The number of hydrogen-bond acceptors (Lipinski definition) is 4. The Kier molecular flexibility index (Phi) is 5.50. The zero-order valence-corrected chi connectivity index (χ0v) is 16.9. The molecule has 0 bridgehead atoms. The molecule has 0 N–H and O–H groups in total. The number of ketones is 1. The van der Waals surface area contributed by atoms with Gasteiger partial charge in [-0.15, -0.1) is 0 Å². The second-order valence-electron chi connectivity index (χ2n) is 7.64. The molecule has 0 radical (unpaired) electrons. The molecule has 1 aromatic heterocycles. The van der Waals surface area contributed by atoms with E-state index in [0.29, 0.717) is 11.5 Å². The first-order valence-electron chi connectivity index (χ1n) is 9.18. The van der Waals surface area contributed by atoms with Crippen LogP contribution in [0.3, 0.4) is 0 Å². The second kappa shape index (κ2) is 7.85. The minimum atomic E-state index is -0.426. The van der Waals surface area contributed by atoms with Crippen LogP contribution < -0.4 is 9.47 Å². The van der Waals surface area contributed by atoms with Crippen molar-refractivity contribution in [3.63, 3.8) is 0 Å². The average Bonchev–Trinajstić information content (AvgIpc) is 2.70. The summed E-state index contributed by atoms with van der Waals surface area (Å²) in [6.07, 6.45) is 3.48. The summed E-state index contributed by atoms with van der Waals surface area (Å²) in [6.45, 7) is 5.73. The van der Waals surface area contributed by atoms with Gasteiger partial charge in [0.1, 0.15) is 0 Å². The van der Waals surface area contributed by atoms with E-state index < -0.39 is 5.41 Å². The van der Waals surface area contributed by atoms with Crippen LogP contribution in [-0.2, 0) is 4.79 Å². The number of fused-ring (bicyclic) bond motifs is 1. The van der Waals surface area contributed by atoms with E-state index in [1.807, 2.05) is 75.4 Å². The topological polar surface area (TPSA) is 48.4 Å². The van der Waals surface area contributed by atoms with Gasteiger partial charge >= 0.3 is 0 Å². The molecule has 0 spiro atoms. The predicted molar refractivity (Wildman–Crippen MR) is 114 cm³/mol. The lowest BCUT2D eigenvalue weighted by Gasteiger charge is -2.14. The van der Waals surface area contributed by atoms with E-state index in [1.165, 1.54) is 0 Å². The Morgan fingerprint density at radius 3 is 2.21 bits per heavy atom. The summed E-state index contributed by atoms with van der Waals surface area (Å²) in [5, 5.41) is 0.917. The summed E-state index contributed by atoms with van der Waals surface area (Å²) in [6, 6.07) is 15.7. The lowest BCUT2D eigenvalue weighted by molar-refractivity contribution is -0.121. The molecular weight excluding hydrogens is 350 g/mol. The zero-order valence-electron chi connectivity index (χ0n) is 16.9. The monoisotopic (exact) mass is 375 g/mol. The average molecular weight is 375 g/mol. The predicted octanol–water partition coefficient (Wildman–Crippen LogP) is 5.55. The molecule has 0 saturated heterocycles. The van der Waals surface area contributed by atoms with Gasteiger partial charge in [-0.05, 0) is 24.3 Å². The van der Waals surface area contributed by atoms with Crippen molar-refractivity contribution in [2.45, 2.75) is 20.8 Å². The van der Waals surface area contributed by atoms with Gasteiger partial charge in [0.05, 0.1) is 25.4 Å². The third kappa shape index (κ3) is 4.06. The molecule has 28 heavy (non-hydrogen) atoms. The number of carbonyl (C=O) groups excluding carboxylic acids is 1. The van der Waals surface area contributed by atoms with Gasteiger partial charge in [-0.2, -0.15) is 0 Å². The Labute approximate surface area is 165 Å². The van der Waals surface area contributed by atoms with Crippen LogP contribution in [0, 0.1) is 5.41 Å². The summed E-state index contributed by atoms with van der Waals surface area (Å²) in [7, 11) is 3.22. The van der Waals surface area contributed by atoms with Crippen molar-refractivity contribution >= 4 is 22.8 Å². The number of benzene rings is 2. The Bertz CT molecular complexity index is 1030. The fraction of sp³-hybridized carbons (Fsp3) is 0.250. The first-order chi connectivity index (χ1) is 13.3. The first-order valence-corrected chi connectivity index (χ1v) is 9.18. The highest BCUT2D eigenvalue weighted by atomic mass is 16.5. The summed E-state index contributed by atoms with van der Waals surface area (Å²) >= 11 is 0. The molecule has 3 aromatic rings. The lowest BCUT2D eigenvalue weighted by atomic mass is 9.90. The SMILES string of the molecule is COc1cc2cc(/C=C/C(=O)C(C)(C)C)c(-c3ccccc3)nc2cc1OC. The normalized spacial score (nSPS) is 11.8. The molecule has 0 amide bonds. The van der Waals surface area contributed by atoms with Gasteiger partial charge in [0.25, 0.3) is 0 Å². The third-order valence-electron chi connectivity index (χ3n) is 4.55. The maximum absolute atomic E-state index is 12.4. The molecule has 0 unspecified atom stereocenters. The van der Waals surface area contributed by atoms with Crippen LogP contribution in [0.15, 0.2) is 54.6 Å². The Balaban J connectivity index is 2.21. The number of methoxy groups -OCH3 is 2. The molecule has 0 atom stereocenters. The molecule has 2 aromatic carbocycles. The molecule has 1 heterocycles. The summed E-state index contributed by atoms with van der Waals surface area (Å²) in [5.41, 5.74) is 3.06. The molecule has 4 nitrogen and oxygen atoms in total. The Morgan fingerprint density at radius 2 is 1.61 bits per heavy atom. The van der Waals surface area contributed by atoms with Gasteiger partial charge in [-0.3, -0.25) is 4.79 Å². The minimum absolute atomic E-state index is 0.0684. The first kappa shape index (κ1) is 19.6. The lowest BCUT2D eigenvalue weighted by Crippen LogP contribution is -2.17. The van der Waals surface area contributed by atoms with Crippen LogP contribution in [0.25, 0.3) is 28.2 Å². The third-order valence-corrected chi connectivity index (χ3v) is 4.55. The van der Waals surface area contributed by atoms with Gasteiger partial charge in [0.2, 0.25) is 0 Å².